The number of rotatable bonds is 15. The van der Waals surface area contributed by atoms with Crippen LogP contribution >= 0.6 is 0 Å². The molecule has 0 bridgehead atoms. The van der Waals surface area contributed by atoms with Crippen molar-refractivity contribution in [1.29, 1.82) is 0 Å². The van der Waals surface area contributed by atoms with Gasteiger partial charge in [-0.3, -0.25) is 0 Å². The van der Waals surface area contributed by atoms with Crippen molar-refractivity contribution in [3.63, 3.8) is 0 Å². The lowest BCUT2D eigenvalue weighted by Gasteiger charge is -2.16. The van der Waals surface area contributed by atoms with Gasteiger partial charge in [-0.25, -0.2) is 0 Å². The van der Waals surface area contributed by atoms with Gasteiger partial charge in [-0.2, -0.15) is 0 Å². The van der Waals surface area contributed by atoms with Crippen LogP contribution in [0.25, 0.3) is 0 Å². The van der Waals surface area contributed by atoms with Crippen molar-refractivity contribution >= 4 is 0 Å². The van der Waals surface area contributed by atoms with Crippen LogP contribution in [0.4, 0.5) is 0 Å². The highest BCUT2D eigenvalue weighted by molar-refractivity contribution is 4.70. The van der Waals surface area contributed by atoms with E-state index >= 15 is 0 Å². The zero-order valence-corrected chi connectivity index (χ0v) is 17.1. The first kappa shape index (κ1) is 22.0. The van der Waals surface area contributed by atoms with Crippen LogP contribution in [0, 0.1) is 5.92 Å². The number of ether oxygens (including phenoxy) is 2. The third-order valence-corrected chi connectivity index (χ3v) is 5.49. The fourth-order valence-corrected chi connectivity index (χ4v) is 3.57. The fraction of sp³-hybridized carbons (Fsp3) is 1.00. The molecule has 1 aliphatic heterocycles. The van der Waals surface area contributed by atoms with Crippen LogP contribution < -0.4 is 0 Å². The topological polar surface area (TPSA) is 18.5 Å². The third kappa shape index (κ3) is 11.5. The van der Waals surface area contributed by atoms with Crippen molar-refractivity contribution in [1.82, 2.24) is 0 Å². The van der Waals surface area contributed by atoms with E-state index in [0.29, 0.717) is 6.10 Å². The summed E-state index contributed by atoms with van der Waals surface area (Å²) in [5, 5.41) is 0. The van der Waals surface area contributed by atoms with Gasteiger partial charge in [0.05, 0.1) is 12.7 Å². The molecular formula is C22H44O2. The first-order chi connectivity index (χ1) is 11.5. The van der Waals surface area contributed by atoms with Crippen LogP contribution in [-0.4, -0.2) is 18.5 Å². The van der Waals surface area contributed by atoms with Crippen molar-refractivity contribution in [3.8, 4) is 0 Å². The molecule has 2 nitrogen and oxygen atoms in total. The summed E-state index contributed by atoms with van der Waals surface area (Å²) in [5.41, 5.74) is 0. The minimum absolute atomic E-state index is 0.334. The zero-order valence-electron chi connectivity index (χ0n) is 17.1. The Balaban J connectivity index is 1.74. The summed E-state index contributed by atoms with van der Waals surface area (Å²) in [5.74, 6) is 0.586. The van der Waals surface area contributed by atoms with Crippen molar-refractivity contribution in [3.05, 3.63) is 0 Å². The molecule has 144 valence electrons. The molecule has 0 amide bonds. The molecule has 2 atom stereocenters. The second-order valence-electron chi connectivity index (χ2n) is 8.43. The smallest absolute Gasteiger partial charge is 0.163 e. The van der Waals surface area contributed by atoms with Crippen molar-refractivity contribution in [2.75, 3.05) is 6.61 Å². The lowest BCUT2D eigenvalue weighted by Crippen LogP contribution is -2.21. The molecule has 2 unspecified atom stereocenters. The van der Waals surface area contributed by atoms with E-state index in [1.54, 1.807) is 0 Å². The molecular weight excluding hydrogens is 296 g/mol. The van der Waals surface area contributed by atoms with E-state index < -0.39 is 0 Å². The van der Waals surface area contributed by atoms with Gasteiger partial charge in [0, 0.05) is 0 Å². The Hall–Kier alpha value is -0.0800. The van der Waals surface area contributed by atoms with Crippen LogP contribution in [0.2, 0.25) is 0 Å². The summed E-state index contributed by atoms with van der Waals surface area (Å²) in [4.78, 5) is 0. The predicted octanol–water partition coefficient (Wildman–Crippen LogP) is 7.26. The largest absolute Gasteiger partial charge is 0.348 e. The highest BCUT2D eigenvalue weighted by Gasteiger charge is 2.31. The van der Waals surface area contributed by atoms with Crippen molar-refractivity contribution < 1.29 is 9.47 Å². The Morgan fingerprint density at radius 1 is 0.833 bits per heavy atom. The lowest BCUT2D eigenvalue weighted by molar-refractivity contribution is -0.139. The normalized spacial score (nSPS) is 21.2. The van der Waals surface area contributed by atoms with Gasteiger partial charge in [0.15, 0.2) is 5.79 Å². The molecule has 2 heteroatoms. The average Bonchev–Trinajstić information content (AvgIpc) is 2.90. The average molecular weight is 341 g/mol. The number of hydrogen-bond donors (Lipinski definition) is 0. The predicted molar refractivity (Wildman–Crippen MR) is 104 cm³/mol. The lowest BCUT2D eigenvalue weighted by atomic mass is 9.99. The van der Waals surface area contributed by atoms with Crippen LogP contribution in [-0.2, 0) is 9.47 Å². The Bertz CT molecular complexity index is 288. The van der Waals surface area contributed by atoms with Crippen LogP contribution in [0.1, 0.15) is 118 Å². The van der Waals surface area contributed by atoms with E-state index in [1.807, 2.05) is 13.8 Å². The maximum absolute atomic E-state index is 5.85. The fourth-order valence-electron chi connectivity index (χ4n) is 3.57. The van der Waals surface area contributed by atoms with Gasteiger partial charge >= 0.3 is 0 Å². The third-order valence-electron chi connectivity index (χ3n) is 5.49. The van der Waals surface area contributed by atoms with E-state index in [1.165, 1.54) is 89.9 Å². The van der Waals surface area contributed by atoms with Crippen molar-refractivity contribution in [2.45, 2.75) is 129 Å². The van der Waals surface area contributed by atoms with Gasteiger partial charge in [0.1, 0.15) is 0 Å². The van der Waals surface area contributed by atoms with Crippen LogP contribution in [0.3, 0.4) is 0 Å². The van der Waals surface area contributed by atoms with Crippen LogP contribution in [0.5, 0.6) is 0 Å². The monoisotopic (exact) mass is 340 g/mol. The molecule has 1 heterocycles. The van der Waals surface area contributed by atoms with E-state index in [9.17, 15) is 0 Å². The van der Waals surface area contributed by atoms with E-state index in [4.69, 9.17) is 9.47 Å². The molecule has 0 N–H and O–H groups in total. The highest BCUT2D eigenvalue weighted by atomic mass is 16.7. The Morgan fingerprint density at radius 2 is 1.33 bits per heavy atom. The van der Waals surface area contributed by atoms with Crippen LogP contribution in [0.15, 0.2) is 0 Å². The van der Waals surface area contributed by atoms with Gasteiger partial charge in [0.2, 0.25) is 0 Å². The summed E-state index contributed by atoms with van der Waals surface area (Å²) in [6.07, 6.45) is 19.9. The first-order valence-corrected chi connectivity index (χ1v) is 10.9. The molecule has 0 aromatic rings. The summed E-state index contributed by atoms with van der Waals surface area (Å²) < 4.78 is 11.5. The minimum Gasteiger partial charge on any atom is -0.348 e. The van der Waals surface area contributed by atoms with E-state index in [-0.39, 0.29) is 5.79 Å². The minimum atomic E-state index is -0.348. The molecule has 0 aromatic carbocycles. The summed E-state index contributed by atoms with van der Waals surface area (Å²) in [7, 11) is 0. The molecule has 0 aromatic heterocycles. The highest BCUT2D eigenvalue weighted by Crippen LogP contribution is 2.25. The first-order valence-electron chi connectivity index (χ1n) is 10.9. The molecule has 1 rings (SSSR count). The van der Waals surface area contributed by atoms with Crippen molar-refractivity contribution in [2.24, 2.45) is 5.92 Å². The summed E-state index contributed by atoms with van der Waals surface area (Å²) in [6.45, 7) is 9.50. The second kappa shape index (κ2) is 13.2. The molecule has 0 saturated carbocycles. The quantitative estimate of drug-likeness (QED) is 0.292. The van der Waals surface area contributed by atoms with E-state index in [0.717, 1.165) is 12.5 Å². The Labute approximate surface area is 152 Å². The molecule has 1 saturated heterocycles. The SMILES string of the molecule is CCC(C)CCCCCCCCCCCCCC1COC(C)(C)O1. The Morgan fingerprint density at radius 3 is 1.79 bits per heavy atom. The molecule has 0 spiro atoms. The molecule has 0 radical (unpaired) electrons. The summed E-state index contributed by atoms with van der Waals surface area (Å²) >= 11 is 0. The molecule has 1 fully saturated rings. The van der Waals surface area contributed by atoms with Gasteiger partial charge in [0.25, 0.3) is 0 Å². The van der Waals surface area contributed by atoms with Gasteiger partial charge in [-0.1, -0.05) is 97.3 Å². The molecule has 0 aliphatic carbocycles. The maximum atomic E-state index is 5.85. The zero-order chi connectivity index (χ0) is 17.7. The Kier molecular flexibility index (Phi) is 12.0. The number of unbranched alkanes of at least 4 members (excludes halogenated alkanes) is 10. The molecule has 1 aliphatic rings. The number of hydrogen-bond acceptors (Lipinski definition) is 2. The maximum Gasteiger partial charge on any atom is 0.163 e. The van der Waals surface area contributed by atoms with Gasteiger partial charge in [-0.05, 0) is 26.2 Å². The van der Waals surface area contributed by atoms with Gasteiger partial charge < -0.3 is 9.47 Å². The molecule has 24 heavy (non-hydrogen) atoms. The standard InChI is InChI=1S/C22H44O2/c1-5-20(2)17-15-13-11-9-7-6-8-10-12-14-16-18-21-19-23-22(3,4)24-21/h20-21H,5-19H2,1-4H3. The summed E-state index contributed by atoms with van der Waals surface area (Å²) in [6, 6.07) is 0. The van der Waals surface area contributed by atoms with Gasteiger partial charge in [-0.15, -0.1) is 0 Å². The van der Waals surface area contributed by atoms with E-state index in [2.05, 4.69) is 13.8 Å². The second-order valence-corrected chi connectivity index (χ2v) is 8.43.